The van der Waals surface area contributed by atoms with E-state index in [9.17, 15) is 22.8 Å². The monoisotopic (exact) mass is 652 g/mol. The van der Waals surface area contributed by atoms with Gasteiger partial charge in [0.2, 0.25) is 0 Å². The van der Waals surface area contributed by atoms with Gasteiger partial charge in [-0.2, -0.15) is 13.2 Å². The normalized spacial score (nSPS) is 15.6. The maximum Gasteiger partial charge on any atom is 0.416 e. The number of benzene rings is 3. The molecule has 1 aliphatic rings. The molecule has 4 rings (SSSR count). The highest BCUT2D eigenvalue weighted by atomic mass is 19.4. The van der Waals surface area contributed by atoms with Crippen molar-refractivity contribution in [3.05, 3.63) is 95.6 Å². The molecular weight excluding hydrogens is 605 g/mol. The summed E-state index contributed by atoms with van der Waals surface area (Å²) < 4.78 is 50.1. The van der Waals surface area contributed by atoms with E-state index in [1.807, 2.05) is 25.1 Å². The van der Waals surface area contributed by atoms with Crippen LogP contribution >= 0.6 is 0 Å². The zero-order valence-electron chi connectivity index (χ0n) is 27.5. The lowest BCUT2D eigenvalue weighted by Gasteiger charge is -2.35. The first-order chi connectivity index (χ1) is 22.6. The number of carbonyl (C=O) groups excluding carboxylic acids is 2. The Morgan fingerprint density at radius 3 is 2.19 bits per heavy atom. The van der Waals surface area contributed by atoms with Crippen molar-refractivity contribution in [3.63, 3.8) is 0 Å². The molecule has 0 saturated carbocycles. The smallest absolute Gasteiger partial charge is 0.416 e. The summed E-state index contributed by atoms with van der Waals surface area (Å²) in [5.74, 6) is -0.400. The van der Waals surface area contributed by atoms with Crippen LogP contribution in [0.5, 0.6) is 0 Å². The Bertz CT molecular complexity index is 1410. The minimum Gasteiger partial charge on any atom is -0.466 e. The number of hydrogen-bond donors (Lipinski definition) is 1. The van der Waals surface area contributed by atoms with Gasteiger partial charge in [-0.15, -0.1) is 0 Å². The number of carbonyl (C=O) groups is 2. The van der Waals surface area contributed by atoms with Crippen molar-refractivity contribution in [3.8, 4) is 11.1 Å². The number of ether oxygens (including phenoxy) is 2. The summed E-state index contributed by atoms with van der Waals surface area (Å²) in [6, 6.07) is 22.2. The Labute approximate surface area is 276 Å². The van der Waals surface area contributed by atoms with Crippen LogP contribution in [0.3, 0.4) is 0 Å². The molecule has 1 N–H and O–H groups in total. The van der Waals surface area contributed by atoms with Crippen LogP contribution < -0.4 is 5.32 Å². The van der Waals surface area contributed by atoms with Crippen molar-refractivity contribution in [2.24, 2.45) is 0 Å². The largest absolute Gasteiger partial charge is 0.466 e. The molecule has 0 bridgehead atoms. The zero-order chi connectivity index (χ0) is 33.7. The molecule has 1 unspecified atom stereocenters. The maximum absolute atomic E-state index is 13.3. The highest BCUT2D eigenvalue weighted by molar-refractivity contribution is 6.01. The fourth-order valence-electron chi connectivity index (χ4n) is 6.43. The van der Waals surface area contributed by atoms with Crippen LogP contribution in [0, 0.1) is 0 Å². The van der Waals surface area contributed by atoms with Crippen LogP contribution in [0.1, 0.15) is 80.3 Å². The number of alkyl halides is 3. The van der Waals surface area contributed by atoms with Crippen LogP contribution in [0.4, 0.5) is 13.2 Å². The summed E-state index contributed by atoms with van der Waals surface area (Å²) in [5, 5.41) is 3.16. The van der Waals surface area contributed by atoms with Gasteiger partial charge >= 0.3 is 12.1 Å². The number of piperidine rings is 1. The molecule has 1 aliphatic heterocycles. The van der Waals surface area contributed by atoms with E-state index >= 15 is 0 Å². The van der Waals surface area contributed by atoms with Crippen molar-refractivity contribution in [2.75, 3.05) is 39.5 Å². The average Bonchev–Trinajstić information content (AvgIpc) is 3.08. The quantitative estimate of drug-likeness (QED) is 0.125. The number of amides is 1. The number of esters is 1. The molecule has 1 amide bonds. The van der Waals surface area contributed by atoms with E-state index in [0.29, 0.717) is 49.4 Å². The molecule has 254 valence electrons. The predicted molar refractivity (Wildman–Crippen MR) is 178 cm³/mol. The topological polar surface area (TPSA) is 67.9 Å². The molecule has 1 heterocycles. The standard InChI is InChI=1S/C38H47F3N2O4/c1-3-37(30-12-6-5-7-13-30,28-35(44)47-27-11-26-46-4-2)22-10-23-43-24-20-32(21-25-43)42-36(45)34-15-9-8-14-33(34)29-16-18-31(19-17-29)38(39,40)41/h5-9,12-19,32H,3-4,10-11,20-28H2,1-2H3,(H,42,45). The second-order valence-corrected chi connectivity index (χ2v) is 12.3. The van der Waals surface area contributed by atoms with Crippen LogP contribution in [-0.2, 0) is 25.9 Å². The van der Waals surface area contributed by atoms with Gasteiger partial charge < -0.3 is 19.7 Å². The van der Waals surface area contributed by atoms with Crippen LogP contribution in [0.15, 0.2) is 78.9 Å². The molecule has 9 heteroatoms. The molecule has 3 aromatic carbocycles. The third-order valence-electron chi connectivity index (χ3n) is 9.19. The van der Waals surface area contributed by atoms with E-state index in [2.05, 4.69) is 29.3 Å². The molecule has 3 aromatic rings. The first-order valence-corrected chi connectivity index (χ1v) is 16.7. The maximum atomic E-state index is 13.3. The molecule has 47 heavy (non-hydrogen) atoms. The van der Waals surface area contributed by atoms with Gasteiger partial charge in [-0.05, 0) is 80.5 Å². The second-order valence-electron chi connectivity index (χ2n) is 12.3. The molecular formula is C38H47F3N2O4. The Balaban J connectivity index is 1.29. The van der Waals surface area contributed by atoms with E-state index in [-0.39, 0.29) is 23.3 Å². The van der Waals surface area contributed by atoms with E-state index in [4.69, 9.17) is 9.47 Å². The summed E-state index contributed by atoms with van der Waals surface area (Å²) in [6.45, 7) is 8.26. The number of nitrogens with zero attached hydrogens (tertiary/aromatic N) is 1. The third kappa shape index (κ3) is 10.4. The highest BCUT2D eigenvalue weighted by Gasteiger charge is 2.34. The van der Waals surface area contributed by atoms with E-state index in [1.165, 1.54) is 12.1 Å². The van der Waals surface area contributed by atoms with E-state index in [1.54, 1.807) is 24.3 Å². The van der Waals surface area contributed by atoms with Crippen molar-refractivity contribution in [2.45, 2.75) is 76.4 Å². The molecule has 1 saturated heterocycles. The van der Waals surface area contributed by atoms with Crippen molar-refractivity contribution in [1.29, 1.82) is 0 Å². The summed E-state index contributed by atoms with van der Waals surface area (Å²) >= 11 is 0. The number of nitrogens with one attached hydrogen (secondary N) is 1. The van der Waals surface area contributed by atoms with Crippen LogP contribution in [-0.4, -0.2) is 62.3 Å². The van der Waals surface area contributed by atoms with Gasteiger partial charge in [-0.1, -0.05) is 67.6 Å². The summed E-state index contributed by atoms with van der Waals surface area (Å²) in [6.07, 6.45) is 0.836. The van der Waals surface area contributed by atoms with Gasteiger partial charge in [0, 0.05) is 49.7 Å². The van der Waals surface area contributed by atoms with E-state index in [0.717, 1.165) is 69.4 Å². The summed E-state index contributed by atoms with van der Waals surface area (Å²) in [5.41, 5.74) is 1.74. The second kappa shape index (κ2) is 17.5. The van der Waals surface area contributed by atoms with Crippen molar-refractivity contribution >= 4 is 11.9 Å². The molecule has 0 spiro atoms. The minimum atomic E-state index is -4.41. The lowest BCUT2D eigenvalue weighted by molar-refractivity contribution is -0.145. The van der Waals surface area contributed by atoms with Crippen molar-refractivity contribution < 1.29 is 32.2 Å². The Hall–Kier alpha value is -3.69. The molecule has 0 aliphatic carbocycles. The Kier molecular flexibility index (Phi) is 13.4. The minimum absolute atomic E-state index is 0.0101. The molecule has 6 nitrogen and oxygen atoms in total. The van der Waals surface area contributed by atoms with Crippen LogP contribution in [0.2, 0.25) is 0 Å². The van der Waals surface area contributed by atoms with Gasteiger partial charge in [0.1, 0.15) is 0 Å². The SMILES string of the molecule is CCOCCCOC(=O)CC(CC)(CCCN1CCC(NC(=O)c2ccccc2-c2ccc(C(F)(F)F)cc2)CC1)c1ccccc1. The highest BCUT2D eigenvalue weighted by Crippen LogP contribution is 2.37. The van der Waals surface area contributed by atoms with Gasteiger partial charge in [-0.3, -0.25) is 9.59 Å². The van der Waals surface area contributed by atoms with Gasteiger partial charge in [0.05, 0.1) is 18.6 Å². The number of likely N-dealkylation sites (tertiary alicyclic amines) is 1. The van der Waals surface area contributed by atoms with Crippen LogP contribution in [0.25, 0.3) is 11.1 Å². The Morgan fingerprint density at radius 2 is 1.53 bits per heavy atom. The first-order valence-electron chi connectivity index (χ1n) is 16.7. The average molecular weight is 653 g/mol. The lowest BCUT2D eigenvalue weighted by atomic mass is 9.72. The number of hydrogen-bond acceptors (Lipinski definition) is 5. The molecule has 1 atom stereocenters. The molecule has 0 radical (unpaired) electrons. The fraction of sp³-hybridized carbons (Fsp3) is 0.474. The zero-order valence-corrected chi connectivity index (χ0v) is 27.5. The third-order valence-corrected chi connectivity index (χ3v) is 9.19. The lowest BCUT2D eigenvalue weighted by Crippen LogP contribution is -2.45. The molecule has 0 aromatic heterocycles. The van der Waals surface area contributed by atoms with Gasteiger partial charge in [0.15, 0.2) is 0 Å². The summed E-state index contributed by atoms with van der Waals surface area (Å²) in [7, 11) is 0. The molecule has 1 fully saturated rings. The predicted octanol–water partition coefficient (Wildman–Crippen LogP) is 8.05. The fourth-order valence-corrected chi connectivity index (χ4v) is 6.43. The van der Waals surface area contributed by atoms with Crippen molar-refractivity contribution in [1.82, 2.24) is 10.2 Å². The first kappa shape index (κ1) is 36.2. The van der Waals surface area contributed by atoms with Gasteiger partial charge in [-0.25, -0.2) is 0 Å². The number of rotatable bonds is 16. The van der Waals surface area contributed by atoms with Gasteiger partial charge in [0.25, 0.3) is 5.91 Å². The van der Waals surface area contributed by atoms with E-state index < -0.39 is 11.7 Å². The number of halogens is 3. The Morgan fingerprint density at radius 1 is 0.851 bits per heavy atom. The summed E-state index contributed by atoms with van der Waals surface area (Å²) in [4.78, 5) is 28.6.